The number of ether oxygens (including phenoxy) is 1. The summed E-state index contributed by atoms with van der Waals surface area (Å²) in [6.45, 7) is 9.42. The average Bonchev–Trinajstić information content (AvgIpc) is 2.27. The van der Waals surface area contributed by atoms with Crippen LogP contribution in [0.4, 0.5) is 4.79 Å². The minimum Gasteiger partial charge on any atom is -0.444 e. The van der Waals surface area contributed by atoms with Gasteiger partial charge < -0.3 is 10.1 Å². The highest BCUT2D eigenvalue weighted by Crippen LogP contribution is 2.27. The second kappa shape index (κ2) is 6.81. The Morgan fingerprint density at radius 2 is 2.00 bits per heavy atom. The third kappa shape index (κ3) is 6.08. The molecule has 1 aliphatic carbocycles. The summed E-state index contributed by atoms with van der Waals surface area (Å²) in [6.07, 6.45) is 9.02. The van der Waals surface area contributed by atoms with Crippen LogP contribution in [0.1, 0.15) is 59.3 Å². The molecule has 0 aromatic carbocycles. The molecule has 1 aliphatic rings. The van der Waals surface area contributed by atoms with Crippen LogP contribution in [0.3, 0.4) is 0 Å². The third-order valence-electron chi connectivity index (χ3n) is 3.30. The standard InChI is InChI=1S/C15H27NO2/c1-5-13(11-12-9-7-6-8-10-12)16-14(17)18-15(2,3)4/h5,12-13H,1,6-11H2,2-4H3,(H,16,17). The molecule has 1 atom stereocenters. The first-order valence-electron chi connectivity index (χ1n) is 7.03. The van der Waals surface area contributed by atoms with E-state index in [0.717, 1.165) is 12.3 Å². The molecular weight excluding hydrogens is 226 g/mol. The van der Waals surface area contributed by atoms with Crippen molar-refractivity contribution in [2.24, 2.45) is 5.92 Å². The molecule has 1 rings (SSSR count). The summed E-state index contributed by atoms with van der Waals surface area (Å²) in [5, 5.41) is 2.89. The molecule has 0 spiro atoms. The molecule has 18 heavy (non-hydrogen) atoms. The van der Waals surface area contributed by atoms with Crippen molar-refractivity contribution >= 4 is 6.09 Å². The van der Waals surface area contributed by atoms with E-state index in [1.165, 1.54) is 32.1 Å². The van der Waals surface area contributed by atoms with E-state index in [-0.39, 0.29) is 12.1 Å². The van der Waals surface area contributed by atoms with Crippen LogP contribution in [-0.2, 0) is 4.74 Å². The van der Waals surface area contributed by atoms with E-state index < -0.39 is 5.60 Å². The molecule has 0 saturated heterocycles. The Labute approximate surface area is 111 Å². The normalized spacial score (nSPS) is 19.1. The van der Waals surface area contributed by atoms with Gasteiger partial charge >= 0.3 is 6.09 Å². The van der Waals surface area contributed by atoms with E-state index in [0.29, 0.717) is 0 Å². The smallest absolute Gasteiger partial charge is 0.408 e. The van der Waals surface area contributed by atoms with E-state index in [2.05, 4.69) is 11.9 Å². The van der Waals surface area contributed by atoms with Crippen molar-refractivity contribution in [2.45, 2.75) is 70.9 Å². The molecule has 3 nitrogen and oxygen atoms in total. The van der Waals surface area contributed by atoms with E-state index >= 15 is 0 Å². The topological polar surface area (TPSA) is 38.3 Å². The number of carbonyl (C=O) groups is 1. The molecule has 0 radical (unpaired) electrons. The lowest BCUT2D eigenvalue weighted by molar-refractivity contribution is 0.0507. The molecule has 0 bridgehead atoms. The van der Waals surface area contributed by atoms with Crippen molar-refractivity contribution < 1.29 is 9.53 Å². The summed E-state index contributed by atoms with van der Waals surface area (Å²) in [5.74, 6) is 0.719. The summed E-state index contributed by atoms with van der Waals surface area (Å²) in [5.41, 5.74) is -0.444. The van der Waals surface area contributed by atoms with Gasteiger partial charge in [0.25, 0.3) is 0 Å². The number of carbonyl (C=O) groups excluding carboxylic acids is 1. The Morgan fingerprint density at radius 1 is 1.39 bits per heavy atom. The van der Waals surface area contributed by atoms with Gasteiger partial charge in [0.1, 0.15) is 5.60 Å². The fraction of sp³-hybridized carbons (Fsp3) is 0.800. The predicted octanol–water partition coefficient (Wildman–Crippen LogP) is 4.04. The lowest BCUT2D eigenvalue weighted by atomic mass is 9.85. The molecule has 3 heteroatoms. The molecular formula is C15H27NO2. The maximum atomic E-state index is 11.7. The fourth-order valence-corrected chi connectivity index (χ4v) is 2.45. The van der Waals surface area contributed by atoms with Crippen molar-refractivity contribution in [3.63, 3.8) is 0 Å². The Morgan fingerprint density at radius 3 is 2.50 bits per heavy atom. The first-order chi connectivity index (χ1) is 8.40. The van der Waals surface area contributed by atoms with Gasteiger partial charge in [0, 0.05) is 0 Å². The summed E-state index contributed by atoms with van der Waals surface area (Å²) < 4.78 is 5.26. The second-order valence-corrected chi connectivity index (χ2v) is 6.23. The van der Waals surface area contributed by atoms with Crippen LogP contribution in [0.15, 0.2) is 12.7 Å². The van der Waals surface area contributed by atoms with Gasteiger partial charge in [0.05, 0.1) is 6.04 Å². The van der Waals surface area contributed by atoms with Crippen LogP contribution in [-0.4, -0.2) is 17.7 Å². The molecule has 0 aromatic rings. The minimum absolute atomic E-state index is 0.0305. The van der Waals surface area contributed by atoms with Crippen molar-refractivity contribution in [3.05, 3.63) is 12.7 Å². The third-order valence-corrected chi connectivity index (χ3v) is 3.30. The average molecular weight is 253 g/mol. The van der Waals surface area contributed by atoms with Gasteiger partial charge in [0.2, 0.25) is 0 Å². The lowest BCUT2D eigenvalue weighted by Crippen LogP contribution is -2.39. The number of rotatable bonds is 4. The molecule has 104 valence electrons. The van der Waals surface area contributed by atoms with Crippen molar-refractivity contribution in [3.8, 4) is 0 Å². The maximum absolute atomic E-state index is 11.7. The van der Waals surface area contributed by atoms with Gasteiger partial charge in [-0.25, -0.2) is 4.79 Å². The number of hydrogen-bond donors (Lipinski definition) is 1. The summed E-state index contributed by atoms with van der Waals surface area (Å²) in [6, 6.07) is 0.0305. The quantitative estimate of drug-likeness (QED) is 0.768. The number of hydrogen-bond acceptors (Lipinski definition) is 2. The van der Waals surface area contributed by atoms with Crippen molar-refractivity contribution in [1.29, 1.82) is 0 Å². The number of alkyl carbamates (subject to hydrolysis) is 1. The van der Waals surface area contributed by atoms with Gasteiger partial charge in [-0.3, -0.25) is 0 Å². The van der Waals surface area contributed by atoms with E-state index in [4.69, 9.17) is 4.74 Å². The van der Waals surface area contributed by atoms with Crippen LogP contribution in [0, 0.1) is 5.92 Å². The first-order valence-corrected chi connectivity index (χ1v) is 7.03. The van der Waals surface area contributed by atoms with Crippen LogP contribution in [0.25, 0.3) is 0 Å². The van der Waals surface area contributed by atoms with Gasteiger partial charge in [0.15, 0.2) is 0 Å². The Kier molecular flexibility index (Phi) is 5.70. The van der Waals surface area contributed by atoms with Crippen LogP contribution in [0.2, 0.25) is 0 Å². The molecule has 0 aromatic heterocycles. The van der Waals surface area contributed by atoms with Crippen molar-refractivity contribution in [2.75, 3.05) is 0 Å². The predicted molar refractivity (Wildman–Crippen MR) is 74.5 cm³/mol. The molecule has 1 unspecified atom stereocenters. The Hall–Kier alpha value is -0.990. The van der Waals surface area contributed by atoms with Gasteiger partial charge in [-0.15, -0.1) is 6.58 Å². The number of nitrogens with one attached hydrogen (secondary N) is 1. The monoisotopic (exact) mass is 253 g/mol. The highest BCUT2D eigenvalue weighted by molar-refractivity contribution is 5.68. The van der Waals surface area contributed by atoms with Crippen LogP contribution < -0.4 is 5.32 Å². The zero-order chi connectivity index (χ0) is 13.6. The van der Waals surface area contributed by atoms with Gasteiger partial charge in [-0.05, 0) is 33.1 Å². The highest BCUT2D eigenvalue weighted by Gasteiger charge is 2.21. The molecule has 0 aliphatic heterocycles. The van der Waals surface area contributed by atoms with Crippen LogP contribution in [0.5, 0.6) is 0 Å². The summed E-state index contributed by atoms with van der Waals surface area (Å²) >= 11 is 0. The highest BCUT2D eigenvalue weighted by atomic mass is 16.6. The zero-order valence-electron chi connectivity index (χ0n) is 12.0. The second-order valence-electron chi connectivity index (χ2n) is 6.23. The lowest BCUT2D eigenvalue weighted by Gasteiger charge is -2.26. The fourth-order valence-electron chi connectivity index (χ4n) is 2.45. The zero-order valence-corrected chi connectivity index (χ0v) is 12.0. The SMILES string of the molecule is C=CC(CC1CCCCC1)NC(=O)OC(C)(C)C. The molecule has 1 saturated carbocycles. The molecule has 1 amide bonds. The van der Waals surface area contributed by atoms with Crippen molar-refractivity contribution in [1.82, 2.24) is 5.32 Å². The maximum Gasteiger partial charge on any atom is 0.408 e. The molecule has 0 heterocycles. The van der Waals surface area contributed by atoms with Gasteiger partial charge in [-0.2, -0.15) is 0 Å². The Balaban J connectivity index is 2.36. The minimum atomic E-state index is -0.444. The van der Waals surface area contributed by atoms with Crippen LogP contribution >= 0.6 is 0 Å². The van der Waals surface area contributed by atoms with Gasteiger partial charge in [-0.1, -0.05) is 38.2 Å². The molecule has 1 N–H and O–H groups in total. The molecule has 1 fully saturated rings. The van der Waals surface area contributed by atoms with E-state index in [1.54, 1.807) is 0 Å². The van der Waals surface area contributed by atoms with E-state index in [9.17, 15) is 4.79 Å². The largest absolute Gasteiger partial charge is 0.444 e. The summed E-state index contributed by atoms with van der Waals surface area (Å²) in [7, 11) is 0. The first kappa shape index (κ1) is 15.1. The van der Waals surface area contributed by atoms with E-state index in [1.807, 2.05) is 26.8 Å². The number of amides is 1. The Bertz CT molecular complexity index is 275. The summed E-state index contributed by atoms with van der Waals surface area (Å²) in [4.78, 5) is 11.7.